The van der Waals surface area contributed by atoms with E-state index >= 15 is 0 Å². The molecule has 0 radical (unpaired) electrons. The van der Waals surface area contributed by atoms with Crippen LogP contribution in [0, 0.1) is 20.8 Å². The van der Waals surface area contributed by atoms with E-state index in [9.17, 15) is 14.7 Å². The zero-order chi connectivity index (χ0) is 15.4. The van der Waals surface area contributed by atoms with Crippen LogP contribution >= 0.6 is 0 Å². The van der Waals surface area contributed by atoms with Crippen LogP contribution in [0.2, 0.25) is 0 Å². The monoisotopic (exact) mass is 280 g/mol. The number of ketones is 2. The first-order chi connectivity index (χ1) is 9.87. The summed E-state index contributed by atoms with van der Waals surface area (Å²) in [6, 6.07) is 10.2. The molecule has 0 aliphatic heterocycles. The Morgan fingerprint density at radius 1 is 0.810 bits per heavy atom. The Hall–Kier alpha value is -2.26. The fourth-order valence-electron chi connectivity index (χ4n) is 2.97. The number of hydrogen-bond acceptors (Lipinski definition) is 3. The Bertz CT molecular complexity index is 752. The number of fused-ring (bicyclic) bond motifs is 1. The molecular weight excluding hydrogens is 264 g/mol. The lowest BCUT2D eigenvalue weighted by Gasteiger charge is -2.23. The van der Waals surface area contributed by atoms with Crippen molar-refractivity contribution >= 4 is 11.6 Å². The predicted molar refractivity (Wildman–Crippen MR) is 79.7 cm³/mol. The molecule has 0 saturated carbocycles. The number of aliphatic hydroxyl groups is 1. The molecule has 106 valence electrons. The van der Waals surface area contributed by atoms with E-state index in [0.29, 0.717) is 16.7 Å². The lowest BCUT2D eigenvalue weighted by atomic mass is 9.84. The summed E-state index contributed by atoms with van der Waals surface area (Å²) in [5, 5.41) is 10.9. The summed E-state index contributed by atoms with van der Waals surface area (Å²) in [6.07, 6.45) is 0. The maximum atomic E-state index is 12.6. The molecule has 2 aromatic rings. The normalized spacial score (nSPS) is 16.2. The number of carbonyl (C=O) groups excluding carboxylic acids is 2. The van der Waals surface area contributed by atoms with E-state index in [2.05, 4.69) is 0 Å². The zero-order valence-electron chi connectivity index (χ0n) is 12.2. The van der Waals surface area contributed by atoms with Crippen LogP contribution in [0.1, 0.15) is 43.0 Å². The van der Waals surface area contributed by atoms with Crippen molar-refractivity contribution < 1.29 is 14.7 Å². The highest BCUT2D eigenvalue weighted by Gasteiger charge is 2.53. The molecule has 0 bridgehead atoms. The molecule has 1 N–H and O–H groups in total. The van der Waals surface area contributed by atoms with E-state index in [1.807, 2.05) is 26.8 Å². The van der Waals surface area contributed by atoms with Gasteiger partial charge in [0, 0.05) is 16.7 Å². The number of carbonyl (C=O) groups is 2. The van der Waals surface area contributed by atoms with Gasteiger partial charge in [-0.05, 0) is 37.5 Å². The SMILES string of the molecule is Cc1cc(C)c(C2(O)C(=O)c3ccccc3C2=O)cc1C. The number of hydrogen-bond donors (Lipinski definition) is 1. The minimum atomic E-state index is -2.09. The smallest absolute Gasteiger partial charge is 0.216 e. The Balaban J connectivity index is 2.27. The van der Waals surface area contributed by atoms with Crippen molar-refractivity contribution in [1.29, 1.82) is 0 Å². The summed E-state index contributed by atoms with van der Waals surface area (Å²) in [4.78, 5) is 25.2. The first-order valence-electron chi connectivity index (χ1n) is 6.86. The van der Waals surface area contributed by atoms with E-state index in [1.54, 1.807) is 30.3 Å². The molecule has 0 saturated heterocycles. The molecule has 0 amide bonds. The quantitative estimate of drug-likeness (QED) is 0.817. The average molecular weight is 280 g/mol. The first-order valence-corrected chi connectivity index (χ1v) is 6.86. The van der Waals surface area contributed by atoms with E-state index in [0.717, 1.165) is 16.7 Å². The third-order valence-corrected chi connectivity index (χ3v) is 4.30. The molecule has 0 aromatic heterocycles. The molecule has 3 nitrogen and oxygen atoms in total. The topological polar surface area (TPSA) is 54.4 Å². The van der Waals surface area contributed by atoms with Gasteiger partial charge in [-0.2, -0.15) is 0 Å². The third-order valence-electron chi connectivity index (χ3n) is 4.30. The van der Waals surface area contributed by atoms with Crippen molar-refractivity contribution in [3.63, 3.8) is 0 Å². The fourth-order valence-corrected chi connectivity index (χ4v) is 2.97. The van der Waals surface area contributed by atoms with Crippen LogP contribution in [-0.2, 0) is 5.60 Å². The standard InChI is InChI=1S/C18H16O3/c1-10-8-12(3)15(9-11(10)2)18(21)16(19)13-6-4-5-7-14(13)17(18)20/h4-9,21H,1-3H3. The summed E-state index contributed by atoms with van der Waals surface area (Å²) in [5.41, 5.74) is 1.64. The third kappa shape index (κ3) is 1.71. The van der Waals surface area contributed by atoms with Gasteiger partial charge < -0.3 is 5.11 Å². The molecule has 0 fully saturated rings. The van der Waals surface area contributed by atoms with Crippen molar-refractivity contribution in [1.82, 2.24) is 0 Å². The Labute approximate surface area is 123 Å². The minimum Gasteiger partial charge on any atom is -0.370 e. The van der Waals surface area contributed by atoms with Crippen LogP contribution in [0.4, 0.5) is 0 Å². The van der Waals surface area contributed by atoms with Gasteiger partial charge in [-0.1, -0.05) is 36.4 Å². The molecule has 1 aliphatic carbocycles. The number of Topliss-reactive ketones (excluding diaryl/α,β-unsaturated/α-hetero) is 2. The lowest BCUT2D eigenvalue weighted by Crippen LogP contribution is -2.38. The van der Waals surface area contributed by atoms with Gasteiger partial charge in [0.15, 0.2) is 0 Å². The maximum Gasteiger partial charge on any atom is 0.216 e. The predicted octanol–water partition coefficient (Wildman–Crippen LogP) is 2.88. The molecular formula is C18H16O3. The van der Waals surface area contributed by atoms with Gasteiger partial charge in [-0.3, -0.25) is 9.59 Å². The van der Waals surface area contributed by atoms with Gasteiger partial charge in [0.2, 0.25) is 17.2 Å². The Kier molecular flexibility index (Phi) is 2.85. The average Bonchev–Trinajstić information content (AvgIpc) is 2.66. The summed E-state index contributed by atoms with van der Waals surface area (Å²) in [5.74, 6) is -1.07. The molecule has 0 spiro atoms. The summed E-state index contributed by atoms with van der Waals surface area (Å²) < 4.78 is 0. The second-order valence-electron chi connectivity index (χ2n) is 5.67. The van der Waals surface area contributed by atoms with Crippen LogP contribution in [0.15, 0.2) is 36.4 Å². The van der Waals surface area contributed by atoms with Crippen LogP contribution < -0.4 is 0 Å². The number of benzene rings is 2. The van der Waals surface area contributed by atoms with Crippen LogP contribution in [0.3, 0.4) is 0 Å². The molecule has 0 heterocycles. The second-order valence-corrected chi connectivity index (χ2v) is 5.67. The molecule has 3 rings (SSSR count). The van der Waals surface area contributed by atoms with Crippen LogP contribution in [0.5, 0.6) is 0 Å². The zero-order valence-corrected chi connectivity index (χ0v) is 12.2. The number of rotatable bonds is 1. The highest BCUT2D eigenvalue weighted by molar-refractivity contribution is 6.32. The summed E-state index contributed by atoms with van der Waals surface area (Å²) in [7, 11) is 0. The van der Waals surface area contributed by atoms with E-state index in [4.69, 9.17) is 0 Å². The summed E-state index contributed by atoms with van der Waals surface area (Å²) in [6.45, 7) is 5.67. The van der Waals surface area contributed by atoms with Crippen molar-refractivity contribution in [3.8, 4) is 0 Å². The van der Waals surface area contributed by atoms with Gasteiger partial charge in [-0.25, -0.2) is 0 Å². The Morgan fingerprint density at radius 2 is 1.29 bits per heavy atom. The van der Waals surface area contributed by atoms with Crippen molar-refractivity contribution in [2.24, 2.45) is 0 Å². The molecule has 21 heavy (non-hydrogen) atoms. The highest BCUT2D eigenvalue weighted by Crippen LogP contribution is 2.39. The van der Waals surface area contributed by atoms with E-state index in [-0.39, 0.29) is 0 Å². The molecule has 2 aromatic carbocycles. The number of aryl methyl sites for hydroxylation is 3. The van der Waals surface area contributed by atoms with E-state index in [1.165, 1.54) is 0 Å². The fraction of sp³-hybridized carbons (Fsp3) is 0.222. The van der Waals surface area contributed by atoms with Crippen LogP contribution in [-0.4, -0.2) is 16.7 Å². The van der Waals surface area contributed by atoms with Crippen molar-refractivity contribution in [2.45, 2.75) is 26.4 Å². The molecule has 0 unspecified atom stereocenters. The lowest BCUT2D eigenvalue weighted by molar-refractivity contribution is 0.0319. The second kappa shape index (κ2) is 4.37. The summed E-state index contributed by atoms with van der Waals surface area (Å²) >= 11 is 0. The molecule has 1 aliphatic rings. The molecule has 3 heteroatoms. The van der Waals surface area contributed by atoms with E-state index < -0.39 is 17.2 Å². The minimum absolute atomic E-state index is 0.294. The van der Waals surface area contributed by atoms with Crippen molar-refractivity contribution in [2.75, 3.05) is 0 Å². The first kappa shape index (κ1) is 13.7. The molecule has 0 atom stereocenters. The van der Waals surface area contributed by atoms with Crippen LogP contribution in [0.25, 0.3) is 0 Å². The van der Waals surface area contributed by atoms with Gasteiger partial charge in [0.05, 0.1) is 0 Å². The van der Waals surface area contributed by atoms with Gasteiger partial charge in [0.25, 0.3) is 0 Å². The van der Waals surface area contributed by atoms with Gasteiger partial charge in [-0.15, -0.1) is 0 Å². The highest BCUT2D eigenvalue weighted by atomic mass is 16.3. The largest absolute Gasteiger partial charge is 0.370 e. The van der Waals surface area contributed by atoms with Gasteiger partial charge in [0.1, 0.15) is 0 Å². The van der Waals surface area contributed by atoms with Crippen molar-refractivity contribution in [3.05, 3.63) is 69.8 Å². The Morgan fingerprint density at radius 3 is 1.81 bits per heavy atom. The maximum absolute atomic E-state index is 12.6. The van der Waals surface area contributed by atoms with Gasteiger partial charge >= 0.3 is 0 Å².